The van der Waals surface area contributed by atoms with Gasteiger partial charge in [-0.1, -0.05) is 6.92 Å². The standard InChI is InChI=1S/C11H21N3OS/c1-5-10-6-11(14(3)13-10)7-12-9(2)8-16(4)15/h6,9,12H,5,7-8H2,1-4H3. The Labute approximate surface area is 99.9 Å². The van der Waals surface area contributed by atoms with Crippen LogP contribution in [-0.2, 0) is 30.8 Å². The molecule has 0 aromatic carbocycles. The number of aryl methyl sites for hydroxylation is 2. The highest BCUT2D eigenvalue weighted by Gasteiger charge is 2.07. The van der Waals surface area contributed by atoms with Gasteiger partial charge >= 0.3 is 0 Å². The van der Waals surface area contributed by atoms with E-state index in [0.717, 1.165) is 18.7 Å². The summed E-state index contributed by atoms with van der Waals surface area (Å²) in [4.78, 5) is 0. The van der Waals surface area contributed by atoms with Crippen LogP contribution in [0.1, 0.15) is 25.2 Å². The summed E-state index contributed by atoms with van der Waals surface area (Å²) in [5, 5.41) is 7.74. The van der Waals surface area contributed by atoms with Gasteiger partial charge in [-0.05, 0) is 19.4 Å². The zero-order valence-electron chi connectivity index (χ0n) is 10.5. The largest absolute Gasteiger partial charge is 0.308 e. The Balaban J connectivity index is 2.47. The lowest BCUT2D eigenvalue weighted by atomic mass is 10.3. The Hall–Kier alpha value is -0.680. The summed E-state index contributed by atoms with van der Waals surface area (Å²) >= 11 is 0. The fourth-order valence-electron chi connectivity index (χ4n) is 1.60. The van der Waals surface area contributed by atoms with Crippen molar-refractivity contribution in [2.45, 2.75) is 32.9 Å². The number of hydrogen-bond donors (Lipinski definition) is 1. The highest BCUT2D eigenvalue weighted by atomic mass is 32.2. The van der Waals surface area contributed by atoms with E-state index in [1.165, 1.54) is 5.69 Å². The average Bonchev–Trinajstić information content (AvgIpc) is 2.55. The summed E-state index contributed by atoms with van der Waals surface area (Å²) in [6.07, 6.45) is 2.69. The maximum atomic E-state index is 11.0. The van der Waals surface area contributed by atoms with Crippen molar-refractivity contribution in [1.29, 1.82) is 0 Å². The van der Waals surface area contributed by atoms with Crippen molar-refractivity contribution in [3.63, 3.8) is 0 Å². The van der Waals surface area contributed by atoms with Crippen molar-refractivity contribution in [3.8, 4) is 0 Å². The Morgan fingerprint density at radius 2 is 2.31 bits per heavy atom. The first-order chi connectivity index (χ1) is 7.52. The second kappa shape index (κ2) is 6.15. The topological polar surface area (TPSA) is 46.9 Å². The normalized spacial score (nSPS) is 15.0. The molecule has 0 spiro atoms. The monoisotopic (exact) mass is 243 g/mol. The molecular weight excluding hydrogens is 222 g/mol. The summed E-state index contributed by atoms with van der Waals surface area (Å²) in [6, 6.07) is 2.38. The van der Waals surface area contributed by atoms with Gasteiger partial charge in [0.25, 0.3) is 0 Å². The molecule has 0 amide bonds. The zero-order valence-corrected chi connectivity index (χ0v) is 11.3. The smallest absolute Gasteiger partial charge is 0.0625 e. The van der Waals surface area contributed by atoms with Gasteiger partial charge in [-0.3, -0.25) is 8.89 Å². The molecule has 0 fully saturated rings. The second-order valence-electron chi connectivity index (χ2n) is 4.13. The van der Waals surface area contributed by atoms with E-state index >= 15 is 0 Å². The minimum Gasteiger partial charge on any atom is -0.308 e. The van der Waals surface area contributed by atoms with Crippen molar-refractivity contribution < 1.29 is 4.21 Å². The first-order valence-corrected chi connectivity index (χ1v) is 7.30. The van der Waals surface area contributed by atoms with Crippen molar-refractivity contribution >= 4 is 10.8 Å². The first-order valence-electron chi connectivity index (χ1n) is 5.58. The van der Waals surface area contributed by atoms with Gasteiger partial charge in [-0.25, -0.2) is 0 Å². The molecule has 2 atom stereocenters. The molecule has 2 unspecified atom stereocenters. The lowest BCUT2D eigenvalue weighted by Crippen LogP contribution is -2.31. The summed E-state index contributed by atoms with van der Waals surface area (Å²) in [5.74, 6) is 0.693. The molecule has 1 rings (SSSR count). The average molecular weight is 243 g/mol. The Morgan fingerprint density at radius 1 is 1.62 bits per heavy atom. The number of hydrogen-bond acceptors (Lipinski definition) is 3. The van der Waals surface area contributed by atoms with E-state index in [9.17, 15) is 4.21 Å². The molecule has 0 saturated carbocycles. The van der Waals surface area contributed by atoms with E-state index < -0.39 is 10.8 Å². The van der Waals surface area contributed by atoms with E-state index in [2.05, 4.69) is 30.3 Å². The number of nitrogens with zero attached hydrogens (tertiary/aromatic N) is 2. The summed E-state index contributed by atoms with van der Waals surface area (Å²) in [5.41, 5.74) is 2.29. The van der Waals surface area contributed by atoms with Crippen LogP contribution >= 0.6 is 0 Å². The fourth-order valence-corrected chi connectivity index (χ4v) is 2.42. The molecule has 0 radical (unpaired) electrons. The quantitative estimate of drug-likeness (QED) is 0.805. The van der Waals surface area contributed by atoms with E-state index in [1.807, 2.05) is 11.7 Å². The highest BCUT2D eigenvalue weighted by Crippen LogP contribution is 2.03. The van der Waals surface area contributed by atoms with Crippen LogP contribution in [0.25, 0.3) is 0 Å². The molecule has 0 aliphatic heterocycles. The molecular formula is C11H21N3OS. The molecule has 92 valence electrons. The van der Waals surface area contributed by atoms with Gasteiger partial charge in [0.15, 0.2) is 0 Å². The van der Waals surface area contributed by atoms with Crippen molar-refractivity contribution in [2.75, 3.05) is 12.0 Å². The van der Waals surface area contributed by atoms with E-state index in [4.69, 9.17) is 0 Å². The van der Waals surface area contributed by atoms with Crippen molar-refractivity contribution in [3.05, 3.63) is 17.5 Å². The minimum absolute atomic E-state index is 0.269. The molecule has 0 aliphatic rings. The number of rotatable bonds is 6. The van der Waals surface area contributed by atoms with Gasteiger partial charge in [0.2, 0.25) is 0 Å². The predicted molar refractivity (Wildman–Crippen MR) is 67.8 cm³/mol. The summed E-state index contributed by atoms with van der Waals surface area (Å²) in [6.45, 7) is 4.93. The lowest BCUT2D eigenvalue weighted by Gasteiger charge is -2.11. The molecule has 1 aromatic rings. The molecule has 1 N–H and O–H groups in total. The van der Waals surface area contributed by atoms with Crippen LogP contribution in [0.4, 0.5) is 0 Å². The van der Waals surface area contributed by atoms with Gasteiger partial charge in [0, 0.05) is 42.4 Å². The van der Waals surface area contributed by atoms with Crippen LogP contribution in [-0.4, -0.2) is 32.0 Å². The van der Waals surface area contributed by atoms with E-state index in [1.54, 1.807) is 6.26 Å². The summed E-state index contributed by atoms with van der Waals surface area (Å²) < 4.78 is 12.9. The second-order valence-corrected chi connectivity index (χ2v) is 5.61. The van der Waals surface area contributed by atoms with Gasteiger partial charge < -0.3 is 5.32 Å². The van der Waals surface area contributed by atoms with Gasteiger partial charge in [0.1, 0.15) is 0 Å². The highest BCUT2D eigenvalue weighted by molar-refractivity contribution is 7.84. The molecule has 0 aliphatic carbocycles. The first kappa shape index (κ1) is 13.4. The maximum absolute atomic E-state index is 11.0. The van der Waals surface area contributed by atoms with E-state index in [-0.39, 0.29) is 6.04 Å². The third-order valence-corrected chi connectivity index (χ3v) is 3.48. The SMILES string of the molecule is CCc1cc(CNC(C)CS(C)=O)n(C)n1. The molecule has 1 heterocycles. The number of nitrogens with one attached hydrogen (secondary N) is 1. The molecule has 0 bridgehead atoms. The minimum atomic E-state index is -0.740. The predicted octanol–water partition coefficient (Wildman–Crippen LogP) is 0.839. The van der Waals surface area contributed by atoms with Gasteiger partial charge in [-0.15, -0.1) is 0 Å². The third kappa shape index (κ3) is 4.06. The third-order valence-electron chi connectivity index (χ3n) is 2.51. The van der Waals surface area contributed by atoms with Crippen molar-refractivity contribution in [2.24, 2.45) is 7.05 Å². The lowest BCUT2D eigenvalue weighted by molar-refractivity contribution is 0.559. The Bertz CT molecular complexity index is 362. The summed E-state index contributed by atoms with van der Waals surface area (Å²) in [7, 11) is 1.22. The van der Waals surface area contributed by atoms with Crippen LogP contribution in [0.2, 0.25) is 0 Å². The molecule has 4 nitrogen and oxygen atoms in total. The zero-order chi connectivity index (χ0) is 12.1. The number of aromatic nitrogens is 2. The van der Waals surface area contributed by atoms with Crippen LogP contribution in [0, 0.1) is 0 Å². The molecule has 0 saturated heterocycles. The van der Waals surface area contributed by atoms with Crippen LogP contribution in [0.3, 0.4) is 0 Å². The molecule has 5 heteroatoms. The van der Waals surface area contributed by atoms with Gasteiger partial charge in [0.05, 0.1) is 11.4 Å². The molecule has 1 aromatic heterocycles. The van der Waals surface area contributed by atoms with Crippen molar-refractivity contribution in [1.82, 2.24) is 15.1 Å². The Kier molecular flexibility index (Phi) is 5.15. The van der Waals surface area contributed by atoms with Crippen LogP contribution in [0.5, 0.6) is 0 Å². The Morgan fingerprint density at radius 3 is 2.81 bits per heavy atom. The maximum Gasteiger partial charge on any atom is 0.0625 e. The van der Waals surface area contributed by atoms with Crippen LogP contribution < -0.4 is 5.32 Å². The fraction of sp³-hybridized carbons (Fsp3) is 0.727. The van der Waals surface area contributed by atoms with E-state index in [0.29, 0.717) is 5.75 Å². The molecule has 16 heavy (non-hydrogen) atoms. The van der Waals surface area contributed by atoms with Crippen LogP contribution in [0.15, 0.2) is 6.07 Å². The van der Waals surface area contributed by atoms with Gasteiger partial charge in [-0.2, -0.15) is 5.10 Å².